The lowest BCUT2D eigenvalue weighted by Crippen LogP contribution is -2.32. The molecule has 2 aromatic rings. The Morgan fingerprint density at radius 2 is 2.16 bits per heavy atom. The maximum Gasteiger partial charge on any atom is 0.416 e. The van der Waals surface area contributed by atoms with E-state index in [1.54, 1.807) is 23.9 Å². The number of aryl methyl sites for hydroxylation is 1. The molecule has 1 fully saturated rings. The van der Waals surface area contributed by atoms with Crippen molar-refractivity contribution >= 4 is 11.6 Å². The van der Waals surface area contributed by atoms with Crippen LogP contribution in [0.5, 0.6) is 0 Å². The van der Waals surface area contributed by atoms with Crippen LogP contribution in [0, 0.1) is 6.92 Å². The first-order valence-electron chi connectivity index (χ1n) is 8.09. The summed E-state index contributed by atoms with van der Waals surface area (Å²) in [5, 5.41) is 10.1. The summed E-state index contributed by atoms with van der Waals surface area (Å²) >= 11 is 0. The predicted molar refractivity (Wildman–Crippen MR) is 87.5 cm³/mol. The molecule has 5 nitrogen and oxygen atoms in total. The fraction of sp³-hybridized carbons (Fsp3) is 0.412. The van der Waals surface area contributed by atoms with Crippen molar-refractivity contribution in [2.24, 2.45) is 0 Å². The monoisotopic (exact) mass is 352 g/mol. The van der Waals surface area contributed by atoms with Crippen LogP contribution in [0.25, 0.3) is 0 Å². The Morgan fingerprint density at radius 3 is 2.84 bits per heavy atom. The zero-order valence-electron chi connectivity index (χ0n) is 13.7. The molecule has 1 aromatic carbocycles. The molecular weight excluding hydrogens is 333 g/mol. The Morgan fingerprint density at radius 1 is 1.36 bits per heavy atom. The van der Waals surface area contributed by atoms with Gasteiger partial charge in [0.15, 0.2) is 5.69 Å². The molecule has 1 unspecified atom stereocenters. The first-order valence-corrected chi connectivity index (χ1v) is 8.09. The maximum atomic E-state index is 12.8. The zero-order valence-corrected chi connectivity index (χ0v) is 13.7. The van der Waals surface area contributed by atoms with Gasteiger partial charge in [-0.3, -0.25) is 9.48 Å². The van der Waals surface area contributed by atoms with Crippen LogP contribution >= 0.6 is 0 Å². The van der Waals surface area contributed by atoms with E-state index in [-0.39, 0.29) is 17.4 Å². The van der Waals surface area contributed by atoms with Gasteiger partial charge >= 0.3 is 6.18 Å². The Labute approximate surface area is 143 Å². The van der Waals surface area contributed by atoms with Crippen LogP contribution in [0.15, 0.2) is 30.5 Å². The zero-order chi connectivity index (χ0) is 18.0. The van der Waals surface area contributed by atoms with E-state index < -0.39 is 17.6 Å². The van der Waals surface area contributed by atoms with Crippen molar-refractivity contribution in [3.63, 3.8) is 0 Å². The van der Waals surface area contributed by atoms with Gasteiger partial charge in [-0.15, -0.1) is 0 Å². The molecule has 1 amide bonds. The molecule has 1 aliphatic rings. The minimum Gasteiger partial charge on any atom is -0.320 e. The van der Waals surface area contributed by atoms with E-state index in [0.717, 1.165) is 38.1 Å². The molecular formula is C17H19F3N4O. The minimum absolute atomic E-state index is 0.133. The highest BCUT2D eigenvalue weighted by Crippen LogP contribution is 2.32. The first kappa shape index (κ1) is 17.5. The average Bonchev–Trinajstić information content (AvgIpc) is 3.07. The van der Waals surface area contributed by atoms with Gasteiger partial charge < -0.3 is 10.6 Å². The fourth-order valence-electron chi connectivity index (χ4n) is 2.84. The number of hydrogen-bond acceptors (Lipinski definition) is 3. The maximum absolute atomic E-state index is 12.8. The van der Waals surface area contributed by atoms with Gasteiger partial charge in [-0.05, 0) is 50.1 Å². The van der Waals surface area contributed by atoms with Gasteiger partial charge in [-0.25, -0.2) is 0 Å². The summed E-state index contributed by atoms with van der Waals surface area (Å²) in [6, 6.07) is 5.04. The number of rotatable bonds is 3. The summed E-state index contributed by atoms with van der Waals surface area (Å²) in [6.45, 7) is 3.40. The second kappa shape index (κ2) is 6.87. The number of piperidine rings is 1. The van der Waals surface area contributed by atoms with Gasteiger partial charge in [-0.1, -0.05) is 6.07 Å². The standard InChI is InChI=1S/C17H19F3N4O/c1-11-4-5-12(17(18,19)20)9-15(11)22-16(25)14-6-8-24(23-14)13-3-2-7-21-10-13/h4-6,8-9,13,21H,2-3,7,10H2,1H3,(H,22,25). The van der Waals surface area contributed by atoms with E-state index >= 15 is 0 Å². The Kier molecular flexibility index (Phi) is 4.80. The van der Waals surface area contributed by atoms with Gasteiger partial charge in [0.2, 0.25) is 0 Å². The highest BCUT2D eigenvalue weighted by molar-refractivity contribution is 6.03. The summed E-state index contributed by atoms with van der Waals surface area (Å²) in [4.78, 5) is 12.3. The molecule has 0 bridgehead atoms. The van der Waals surface area contributed by atoms with E-state index in [1.807, 2.05) is 0 Å². The average molecular weight is 352 g/mol. The van der Waals surface area contributed by atoms with E-state index in [0.29, 0.717) is 5.56 Å². The molecule has 2 N–H and O–H groups in total. The van der Waals surface area contributed by atoms with Crippen LogP contribution in [0.3, 0.4) is 0 Å². The van der Waals surface area contributed by atoms with Crippen molar-refractivity contribution < 1.29 is 18.0 Å². The summed E-state index contributed by atoms with van der Waals surface area (Å²) in [6.07, 6.45) is -0.716. The number of halogens is 3. The number of carbonyl (C=O) groups excluding carboxylic acids is 1. The molecule has 0 radical (unpaired) electrons. The summed E-state index contributed by atoms with van der Waals surface area (Å²) in [7, 11) is 0. The topological polar surface area (TPSA) is 59.0 Å². The third kappa shape index (κ3) is 4.01. The van der Waals surface area contributed by atoms with Crippen molar-refractivity contribution in [2.75, 3.05) is 18.4 Å². The molecule has 134 valence electrons. The molecule has 25 heavy (non-hydrogen) atoms. The van der Waals surface area contributed by atoms with Crippen molar-refractivity contribution in [1.82, 2.24) is 15.1 Å². The number of nitrogens with zero attached hydrogens (tertiary/aromatic N) is 2. The number of nitrogens with one attached hydrogen (secondary N) is 2. The third-order valence-electron chi connectivity index (χ3n) is 4.30. The van der Waals surface area contributed by atoms with Crippen LogP contribution in [0.2, 0.25) is 0 Å². The molecule has 1 aromatic heterocycles. The molecule has 8 heteroatoms. The predicted octanol–water partition coefficient (Wildman–Crippen LogP) is 3.39. The lowest BCUT2D eigenvalue weighted by molar-refractivity contribution is -0.137. The second-order valence-corrected chi connectivity index (χ2v) is 6.16. The van der Waals surface area contributed by atoms with E-state index in [1.165, 1.54) is 6.07 Å². The summed E-state index contributed by atoms with van der Waals surface area (Å²) < 4.78 is 40.2. The highest BCUT2D eigenvalue weighted by atomic mass is 19.4. The van der Waals surface area contributed by atoms with Crippen LogP contribution in [0.4, 0.5) is 18.9 Å². The summed E-state index contributed by atoms with van der Waals surface area (Å²) in [5.74, 6) is -0.523. The molecule has 0 spiro atoms. The Balaban J connectivity index is 1.75. The quantitative estimate of drug-likeness (QED) is 0.890. The molecule has 3 rings (SSSR count). The number of hydrogen-bond donors (Lipinski definition) is 2. The van der Waals surface area contributed by atoms with Crippen LogP contribution in [-0.2, 0) is 6.18 Å². The fourth-order valence-corrected chi connectivity index (χ4v) is 2.84. The molecule has 1 saturated heterocycles. The van der Waals surface area contributed by atoms with Crippen molar-refractivity contribution in [3.05, 3.63) is 47.3 Å². The SMILES string of the molecule is Cc1ccc(C(F)(F)F)cc1NC(=O)c1ccn(C2CCCNC2)n1. The Hall–Kier alpha value is -2.35. The number of benzene rings is 1. The Bertz CT molecular complexity index is 763. The minimum atomic E-state index is -4.46. The number of amides is 1. The highest BCUT2D eigenvalue weighted by Gasteiger charge is 2.31. The second-order valence-electron chi connectivity index (χ2n) is 6.16. The van der Waals surface area contributed by atoms with Crippen LogP contribution in [0.1, 0.15) is 40.5 Å². The number of carbonyl (C=O) groups is 1. The third-order valence-corrected chi connectivity index (χ3v) is 4.30. The molecule has 2 heterocycles. The molecule has 1 atom stereocenters. The number of anilines is 1. The smallest absolute Gasteiger partial charge is 0.320 e. The van der Waals surface area contributed by atoms with Gasteiger partial charge in [0.1, 0.15) is 0 Å². The van der Waals surface area contributed by atoms with Gasteiger partial charge in [-0.2, -0.15) is 18.3 Å². The normalized spacial score (nSPS) is 18.2. The first-order chi connectivity index (χ1) is 11.8. The number of alkyl halides is 3. The van der Waals surface area contributed by atoms with Gasteiger partial charge in [0.25, 0.3) is 5.91 Å². The molecule has 1 aliphatic heterocycles. The van der Waals surface area contributed by atoms with E-state index in [9.17, 15) is 18.0 Å². The molecule has 0 aliphatic carbocycles. The summed E-state index contributed by atoms with van der Waals surface area (Å²) in [5.41, 5.74) is 0.0700. The van der Waals surface area contributed by atoms with Crippen molar-refractivity contribution in [3.8, 4) is 0 Å². The van der Waals surface area contributed by atoms with Gasteiger partial charge in [0.05, 0.1) is 11.6 Å². The van der Waals surface area contributed by atoms with Gasteiger partial charge in [0, 0.05) is 18.4 Å². The lowest BCUT2D eigenvalue weighted by Gasteiger charge is -2.22. The van der Waals surface area contributed by atoms with Crippen molar-refractivity contribution in [2.45, 2.75) is 32.0 Å². The largest absolute Gasteiger partial charge is 0.416 e. The molecule has 0 saturated carbocycles. The lowest BCUT2D eigenvalue weighted by atomic mass is 10.1. The van der Waals surface area contributed by atoms with E-state index in [4.69, 9.17) is 0 Å². The van der Waals surface area contributed by atoms with E-state index in [2.05, 4.69) is 15.7 Å². The van der Waals surface area contributed by atoms with Crippen LogP contribution in [-0.4, -0.2) is 28.8 Å². The van der Waals surface area contributed by atoms with Crippen molar-refractivity contribution in [1.29, 1.82) is 0 Å². The van der Waals surface area contributed by atoms with Crippen LogP contribution < -0.4 is 10.6 Å². The number of aromatic nitrogens is 2.